The average molecular weight is 295 g/mol. The van der Waals surface area contributed by atoms with Gasteiger partial charge in [-0.05, 0) is 19.1 Å². The molecule has 0 unspecified atom stereocenters. The quantitative estimate of drug-likeness (QED) is 0.921. The number of nitrogens with zero attached hydrogens (tertiary/aromatic N) is 2. The Hall–Kier alpha value is -2.21. The molecule has 0 fully saturated rings. The number of aromatic carboxylic acids is 1. The smallest absolute Gasteiger partial charge is 0.356 e. The lowest BCUT2D eigenvalue weighted by atomic mass is 10.0. The van der Waals surface area contributed by atoms with Crippen LogP contribution >= 0.6 is 11.6 Å². The van der Waals surface area contributed by atoms with Crippen molar-refractivity contribution in [1.29, 1.82) is 0 Å². The Morgan fingerprint density at radius 3 is 2.75 bits per heavy atom. The van der Waals surface area contributed by atoms with Crippen molar-refractivity contribution in [3.63, 3.8) is 0 Å². The molecule has 0 saturated heterocycles. The van der Waals surface area contributed by atoms with Gasteiger partial charge in [-0.3, -0.25) is 4.68 Å². The van der Waals surface area contributed by atoms with E-state index < -0.39 is 5.97 Å². The van der Waals surface area contributed by atoms with Crippen molar-refractivity contribution in [2.24, 2.45) is 7.05 Å². The first kappa shape index (κ1) is 12.8. The zero-order valence-electron chi connectivity index (χ0n) is 10.8. The van der Waals surface area contributed by atoms with E-state index in [1.54, 1.807) is 13.1 Å². The van der Waals surface area contributed by atoms with E-state index in [1.807, 2.05) is 6.92 Å². The molecule has 1 aliphatic heterocycles. The molecule has 0 radical (unpaired) electrons. The molecule has 1 aliphatic rings. The number of fused-ring (bicyclic) bond motifs is 1. The van der Waals surface area contributed by atoms with Crippen molar-refractivity contribution < 1.29 is 19.4 Å². The summed E-state index contributed by atoms with van der Waals surface area (Å²) in [5.74, 6) is 0.0375. The topological polar surface area (TPSA) is 73.6 Å². The molecule has 3 rings (SSSR count). The van der Waals surface area contributed by atoms with Gasteiger partial charge in [0.2, 0.25) is 6.79 Å². The van der Waals surface area contributed by atoms with Crippen LogP contribution in [0.15, 0.2) is 12.1 Å². The van der Waals surface area contributed by atoms with Gasteiger partial charge in [0.25, 0.3) is 0 Å². The van der Waals surface area contributed by atoms with E-state index in [1.165, 1.54) is 10.7 Å². The van der Waals surface area contributed by atoms with Gasteiger partial charge >= 0.3 is 5.97 Å². The number of rotatable bonds is 2. The second-order valence-electron chi connectivity index (χ2n) is 4.44. The van der Waals surface area contributed by atoms with Gasteiger partial charge in [0.15, 0.2) is 17.2 Å². The number of aryl methyl sites for hydroxylation is 1. The van der Waals surface area contributed by atoms with Gasteiger partial charge < -0.3 is 14.6 Å². The van der Waals surface area contributed by atoms with E-state index in [0.29, 0.717) is 22.2 Å². The predicted octanol–water partition coefficient (Wildman–Crippen LogP) is 2.48. The molecule has 2 aromatic rings. The van der Waals surface area contributed by atoms with Crippen molar-refractivity contribution in [2.45, 2.75) is 6.92 Å². The first-order valence-electron chi connectivity index (χ1n) is 5.85. The van der Waals surface area contributed by atoms with Crippen LogP contribution in [-0.4, -0.2) is 27.6 Å². The second kappa shape index (κ2) is 4.42. The zero-order chi connectivity index (χ0) is 14.4. The summed E-state index contributed by atoms with van der Waals surface area (Å²) in [6, 6.07) is 3.23. The third-order valence-electron chi connectivity index (χ3n) is 3.22. The van der Waals surface area contributed by atoms with E-state index >= 15 is 0 Å². The highest BCUT2D eigenvalue weighted by atomic mass is 35.5. The van der Waals surface area contributed by atoms with Crippen LogP contribution < -0.4 is 9.47 Å². The van der Waals surface area contributed by atoms with E-state index in [-0.39, 0.29) is 12.5 Å². The minimum Gasteiger partial charge on any atom is -0.476 e. The van der Waals surface area contributed by atoms with E-state index in [0.717, 1.165) is 11.1 Å². The van der Waals surface area contributed by atoms with Crippen LogP contribution in [0.5, 0.6) is 11.5 Å². The van der Waals surface area contributed by atoms with Crippen LogP contribution in [0, 0.1) is 6.92 Å². The Morgan fingerprint density at radius 2 is 2.10 bits per heavy atom. The third kappa shape index (κ3) is 1.80. The van der Waals surface area contributed by atoms with Crippen LogP contribution in [0.4, 0.5) is 0 Å². The number of benzene rings is 1. The maximum absolute atomic E-state index is 11.0. The van der Waals surface area contributed by atoms with Crippen LogP contribution in [0.1, 0.15) is 16.1 Å². The second-order valence-corrected chi connectivity index (χ2v) is 4.85. The summed E-state index contributed by atoms with van der Waals surface area (Å²) in [6.07, 6.45) is 0. The highest BCUT2D eigenvalue weighted by molar-refractivity contribution is 6.32. The number of carboxylic acid groups (broad SMARTS) is 1. The fraction of sp³-hybridized carbons (Fsp3) is 0.231. The van der Waals surface area contributed by atoms with Gasteiger partial charge in [0, 0.05) is 18.2 Å². The highest BCUT2D eigenvalue weighted by Gasteiger charge is 2.24. The number of carboxylic acids is 1. The standard InChI is InChI=1S/C13H11ClN2O4/c1-6-7(3-8(14)12-11(6)19-5-20-12)10-4-9(13(17)18)15-16(10)2/h3-4H,5H2,1-2H3,(H,17,18). The van der Waals surface area contributed by atoms with Gasteiger partial charge in [-0.1, -0.05) is 11.6 Å². The van der Waals surface area contributed by atoms with Crippen LogP contribution in [0.2, 0.25) is 5.02 Å². The molecular formula is C13H11ClN2O4. The monoisotopic (exact) mass is 294 g/mol. The molecule has 0 bridgehead atoms. The molecule has 0 amide bonds. The third-order valence-corrected chi connectivity index (χ3v) is 3.50. The summed E-state index contributed by atoms with van der Waals surface area (Å²) < 4.78 is 12.2. The van der Waals surface area contributed by atoms with E-state index in [2.05, 4.69) is 5.10 Å². The highest BCUT2D eigenvalue weighted by Crippen LogP contribution is 2.45. The first-order chi connectivity index (χ1) is 9.49. The number of ether oxygens (including phenoxy) is 2. The number of halogens is 1. The molecule has 6 nitrogen and oxygen atoms in total. The van der Waals surface area contributed by atoms with Crippen LogP contribution in [0.25, 0.3) is 11.3 Å². The molecule has 2 heterocycles. The van der Waals surface area contributed by atoms with Crippen molar-refractivity contribution >= 4 is 17.6 Å². The molecule has 0 saturated carbocycles. The maximum atomic E-state index is 11.0. The van der Waals surface area contributed by atoms with Gasteiger partial charge in [0.05, 0.1) is 10.7 Å². The molecule has 0 spiro atoms. The lowest BCUT2D eigenvalue weighted by Crippen LogP contribution is -1.99. The molecular weight excluding hydrogens is 284 g/mol. The van der Waals surface area contributed by atoms with Crippen LogP contribution in [0.3, 0.4) is 0 Å². The molecule has 7 heteroatoms. The molecule has 1 aromatic heterocycles. The Kier molecular flexibility index (Phi) is 2.83. The van der Waals surface area contributed by atoms with E-state index in [4.69, 9.17) is 26.2 Å². The van der Waals surface area contributed by atoms with Crippen molar-refractivity contribution in [3.8, 4) is 22.8 Å². The van der Waals surface area contributed by atoms with Crippen molar-refractivity contribution in [2.75, 3.05) is 6.79 Å². The van der Waals surface area contributed by atoms with Crippen molar-refractivity contribution in [3.05, 3.63) is 28.4 Å². The number of hydrogen-bond acceptors (Lipinski definition) is 4. The lowest BCUT2D eigenvalue weighted by Gasteiger charge is -2.10. The average Bonchev–Trinajstić information content (AvgIpc) is 3.00. The van der Waals surface area contributed by atoms with Gasteiger partial charge in [-0.15, -0.1) is 0 Å². The summed E-state index contributed by atoms with van der Waals surface area (Å²) in [6.45, 7) is 2.00. The fourth-order valence-corrected chi connectivity index (χ4v) is 2.50. The predicted molar refractivity (Wildman–Crippen MR) is 71.5 cm³/mol. The Balaban J connectivity index is 2.21. The Morgan fingerprint density at radius 1 is 1.40 bits per heavy atom. The number of hydrogen-bond donors (Lipinski definition) is 1. The summed E-state index contributed by atoms with van der Waals surface area (Å²) in [7, 11) is 1.68. The molecule has 0 atom stereocenters. The zero-order valence-corrected chi connectivity index (χ0v) is 11.6. The van der Waals surface area contributed by atoms with Gasteiger partial charge in [-0.25, -0.2) is 4.79 Å². The van der Waals surface area contributed by atoms with Crippen molar-refractivity contribution in [1.82, 2.24) is 9.78 Å². The molecule has 20 heavy (non-hydrogen) atoms. The van der Waals surface area contributed by atoms with Gasteiger partial charge in [-0.2, -0.15) is 5.10 Å². The molecule has 1 aromatic carbocycles. The summed E-state index contributed by atoms with van der Waals surface area (Å²) >= 11 is 6.17. The van der Waals surface area contributed by atoms with Crippen LogP contribution in [-0.2, 0) is 7.05 Å². The minimum atomic E-state index is -1.07. The van der Waals surface area contributed by atoms with E-state index in [9.17, 15) is 4.79 Å². The Labute approximate surface area is 119 Å². The molecule has 104 valence electrons. The number of aromatic nitrogens is 2. The SMILES string of the molecule is Cc1c(-c2cc(C(=O)O)nn2C)cc(Cl)c2c1OCO2. The summed E-state index contributed by atoms with van der Waals surface area (Å²) in [5.41, 5.74) is 2.24. The van der Waals surface area contributed by atoms with Gasteiger partial charge in [0.1, 0.15) is 0 Å². The summed E-state index contributed by atoms with van der Waals surface area (Å²) in [5, 5.41) is 13.4. The normalized spacial score (nSPS) is 12.8. The first-order valence-corrected chi connectivity index (χ1v) is 6.23. The Bertz CT molecular complexity index is 724. The number of carbonyl (C=O) groups is 1. The largest absolute Gasteiger partial charge is 0.476 e. The lowest BCUT2D eigenvalue weighted by molar-refractivity contribution is 0.0689. The minimum absolute atomic E-state index is 0.0179. The fourth-order valence-electron chi connectivity index (χ4n) is 2.25. The molecule has 0 aliphatic carbocycles. The summed E-state index contributed by atoms with van der Waals surface area (Å²) in [4.78, 5) is 11.0. The molecule has 1 N–H and O–H groups in total. The maximum Gasteiger partial charge on any atom is 0.356 e.